The van der Waals surface area contributed by atoms with Crippen molar-refractivity contribution in [1.82, 2.24) is 4.90 Å². The van der Waals surface area contributed by atoms with E-state index in [1.165, 1.54) is 7.11 Å². The molecule has 0 fully saturated rings. The van der Waals surface area contributed by atoms with E-state index in [0.29, 0.717) is 6.54 Å². The molecule has 0 saturated carbocycles. The summed E-state index contributed by atoms with van der Waals surface area (Å²) in [5, 5.41) is 0. The predicted octanol–water partition coefficient (Wildman–Crippen LogP) is 2.87. The molecule has 0 spiro atoms. The average Bonchev–Trinajstić information content (AvgIpc) is 2.22. The molecule has 3 nitrogen and oxygen atoms in total. The molecule has 84 valence electrons. The van der Waals surface area contributed by atoms with E-state index in [2.05, 4.69) is 4.74 Å². The third-order valence-electron chi connectivity index (χ3n) is 2.13. The number of ether oxygens (including phenoxy) is 1. The number of hydrogen-bond donors (Lipinski definition) is 0. The molecule has 0 unspecified atom stereocenters. The number of carbonyl (C=O) groups is 1. The molecule has 0 saturated heterocycles. The van der Waals surface area contributed by atoms with Crippen molar-refractivity contribution < 1.29 is 9.53 Å². The Bertz CT molecular complexity index is 153. The number of alkyl halides is 1. The highest BCUT2D eigenvalue weighted by molar-refractivity contribution is 6.17. The van der Waals surface area contributed by atoms with E-state index in [0.717, 1.165) is 38.1 Å². The van der Waals surface area contributed by atoms with Gasteiger partial charge in [0.05, 0.1) is 7.11 Å². The Morgan fingerprint density at radius 3 is 2.43 bits per heavy atom. The molecular weight excluding hydrogens is 202 g/mol. The van der Waals surface area contributed by atoms with Crippen LogP contribution in [0.1, 0.15) is 32.6 Å². The first kappa shape index (κ1) is 13.6. The molecule has 0 aliphatic carbocycles. The Balaban J connectivity index is 3.48. The monoisotopic (exact) mass is 221 g/mol. The Labute approximate surface area is 91.4 Å². The summed E-state index contributed by atoms with van der Waals surface area (Å²) in [5.74, 6) is 0.731. The van der Waals surface area contributed by atoms with Gasteiger partial charge in [0.1, 0.15) is 0 Å². The van der Waals surface area contributed by atoms with E-state index in [4.69, 9.17) is 11.6 Å². The van der Waals surface area contributed by atoms with E-state index in [9.17, 15) is 4.79 Å². The van der Waals surface area contributed by atoms with E-state index in [1.807, 2.05) is 6.92 Å². The maximum absolute atomic E-state index is 11.1. The van der Waals surface area contributed by atoms with Crippen LogP contribution < -0.4 is 0 Å². The lowest BCUT2D eigenvalue weighted by Gasteiger charge is -2.18. The number of rotatable bonds is 7. The quantitative estimate of drug-likeness (QED) is 0.489. The number of carbonyl (C=O) groups excluding carboxylic acids is 1. The van der Waals surface area contributed by atoms with Crippen molar-refractivity contribution in [2.45, 2.75) is 32.6 Å². The Morgan fingerprint density at radius 1 is 1.29 bits per heavy atom. The predicted molar refractivity (Wildman–Crippen MR) is 58.8 cm³/mol. The first-order chi connectivity index (χ1) is 6.76. The highest BCUT2D eigenvalue weighted by Crippen LogP contribution is 2.03. The van der Waals surface area contributed by atoms with Crippen molar-refractivity contribution in [3.05, 3.63) is 0 Å². The van der Waals surface area contributed by atoms with Crippen LogP contribution >= 0.6 is 11.6 Å². The summed E-state index contributed by atoms with van der Waals surface area (Å²) in [6.45, 7) is 3.45. The molecule has 0 aliphatic rings. The second kappa shape index (κ2) is 9.13. The number of methoxy groups -OCH3 is 1. The maximum Gasteiger partial charge on any atom is 0.409 e. The number of nitrogens with zero attached hydrogens (tertiary/aromatic N) is 1. The van der Waals surface area contributed by atoms with Crippen LogP contribution in [0.25, 0.3) is 0 Å². The van der Waals surface area contributed by atoms with Crippen molar-refractivity contribution in [1.29, 1.82) is 0 Å². The van der Waals surface area contributed by atoms with Gasteiger partial charge >= 0.3 is 6.09 Å². The van der Waals surface area contributed by atoms with E-state index in [1.54, 1.807) is 4.90 Å². The molecule has 0 radical (unpaired) electrons. The first-order valence-corrected chi connectivity index (χ1v) is 5.68. The normalized spacial score (nSPS) is 9.93. The van der Waals surface area contributed by atoms with Gasteiger partial charge in [-0.15, -0.1) is 11.6 Å². The van der Waals surface area contributed by atoms with E-state index >= 15 is 0 Å². The molecule has 0 rings (SSSR count). The minimum absolute atomic E-state index is 0.232. The van der Waals surface area contributed by atoms with Crippen molar-refractivity contribution >= 4 is 17.7 Å². The zero-order valence-electron chi connectivity index (χ0n) is 9.09. The second-order valence-corrected chi connectivity index (χ2v) is 3.53. The fourth-order valence-corrected chi connectivity index (χ4v) is 1.45. The molecule has 0 bridgehead atoms. The topological polar surface area (TPSA) is 29.5 Å². The van der Waals surface area contributed by atoms with Gasteiger partial charge in [-0.2, -0.15) is 0 Å². The Morgan fingerprint density at radius 2 is 1.93 bits per heavy atom. The van der Waals surface area contributed by atoms with Gasteiger partial charge in [0.15, 0.2) is 0 Å². The molecule has 0 heterocycles. The number of amides is 1. The highest BCUT2D eigenvalue weighted by atomic mass is 35.5. The van der Waals surface area contributed by atoms with Crippen molar-refractivity contribution in [3.63, 3.8) is 0 Å². The van der Waals surface area contributed by atoms with Gasteiger partial charge in [0.25, 0.3) is 0 Å². The van der Waals surface area contributed by atoms with Gasteiger partial charge in [0.2, 0.25) is 0 Å². The van der Waals surface area contributed by atoms with Gasteiger partial charge in [0, 0.05) is 19.0 Å². The molecule has 4 heteroatoms. The minimum atomic E-state index is -0.232. The molecule has 0 aromatic heterocycles. The summed E-state index contributed by atoms with van der Waals surface area (Å²) in [6, 6.07) is 0. The fourth-order valence-electron chi connectivity index (χ4n) is 1.26. The second-order valence-electron chi connectivity index (χ2n) is 3.15. The smallest absolute Gasteiger partial charge is 0.409 e. The summed E-state index contributed by atoms with van der Waals surface area (Å²) >= 11 is 5.56. The number of hydrogen-bond acceptors (Lipinski definition) is 2. The fraction of sp³-hybridized carbons (Fsp3) is 0.900. The average molecular weight is 222 g/mol. The van der Waals surface area contributed by atoms with Crippen molar-refractivity contribution in [3.8, 4) is 0 Å². The van der Waals surface area contributed by atoms with Crippen LogP contribution in [0.2, 0.25) is 0 Å². The molecule has 0 aromatic carbocycles. The maximum atomic E-state index is 11.1. The van der Waals surface area contributed by atoms with Gasteiger partial charge in [-0.05, 0) is 19.8 Å². The van der Waals surface area contributed by atoms with Crippen LogP contribution in [0.4, 0.5) is 4.79 Å². The molecule has 14 heavy (non-hydrogen) atoms. The van der Waals surface area contributed by atoms with Crippen LogP contribution in [0.3, 0.4) is 0 Å². The summed E-state index contributed by atoms with van der Waals surface area (Å²) in [4.78, 5) is 12.9. The third-order valence-corrected chi connectivity index (χ3v) is 2.39. The summed E-state index contributed by atoms with van der Waals surface area (Å²) < 4.78 is 4.65. The van der Waals surface area contributed by atoms with Gasteiger partial charge in [-0.1, -0.05) is 12.8 Å². The minimum Gasteiger partial charge on any atom is -0.453 e. The van der Waals surface area contributed by atoms with Crippen LogP contribution in [0.5, 0.6) is 0 Å². The van der Waals surface area contributed by atoms with Crippen LogP contribution in [-0.4, -0.2) is 37.1 Å². The van der Waals surface area contributed by atoms with Crippen molar-refractivity contribution in [2.24, 2.45) is 0 Å². The molecule has 0 aromatic rings. The van der Waals surface area contributed by atoms with E-state index in [-0.39, 0.29) is 6.09 Å². The molecule has 0 atom stereocenters. The summed E-state index contributed by atoms with van der Waals surface area (Å²) in [7, 11) is 1.42. The molecular formula is C10H20ClNO2. The van der Waals surface area contributed by atoms with Crippen LogP contribution in [0.15, 0.2) is 0 Å². The molecule has 0 aliphatic heterocycles. The highest BCUT2D eigenvalue weighted by Gasteiger charge is 2.09. The Hall–Kier alpha value is -0.440. The zero-order valence-corrected chi connectivity index (χ0v) is 9.85. The van der Waals surface area contributed by atoms with Crippen LogP contribution in [-0.2, 0) is 4.74 Å². The summed E-state index contributed by atoms with van der Waals surface area (Å²) in [6.07, 6.45) is 4.12. The van der Waals surface area contributed by atoms with Gasteiger partial charge in [-0.25, -0.2) is 4.79 Å². The standard InChI is InChI=1S/C10H20ClNO2/c1-3-12(10(13)14-2)9-7-5-4-6-8-11/h3-9H2,1-2H3. The van der Waals surface area contributed by atoms with Crippen LogP contribution in [0, 0.1) is 0 Å². The van der Waals surface area contributed by atoms with Crippen molar-refractivity contribution in [2.75, 3.05) is 26.1 Å². The lowest BCUT2D eigenvalue weighted by Crippen LogP contribution is -2.31. The van der Waals surface area contributed by atoms with Gasteiger partial charge in [-0.3, -0.25) is 0 Å². The molecule has 1 amide bonds. The lowest BCUT2D eigenvalue weighted by atomic mass is 10.2. The number of unbranched alkanes of at least 4 members (excludes halogenated alkanes) is 3. The SMILES string of the molecule is CCN(CCCCCCCl)C(=O)OC. The lowest BCUT2D eigenvalue weighted by molar-refractivity contribution is 0.125. The Kier molecular flexibility index (Phi) is 8.84. The largest absolute Gasteiger partial charge is 0.453 e. The molecule has 0 N–H and O–H groups in total. The zero-order chi connectivity index (χ0) is 10.8. The first-order valence-electron chi connectivity index (χ1n) is 5.15. The summed E-state index contributed by atoms with van der Waals surface area (Å²) in [5.41, 5.74) is 0. The van der Waals surface area contributed by atoms with E-state index < -0.39 is 0 Å². The number of halogens is 1. The third kappa shape index (κ3) is 6.08. The van der Waals surface area contributed by atoms with Gasteiger partial charge < -0.3 is 9.64 Å².